The van der Waals surface area contributed by atoms with Gasteiger partial charge in [-0.05, 0) is 54.7 Å². The Balaban J connectivity index is 1.50. The number of benzene rings is 2. The fraction of sp³-hybridized carbons (Fsp3) is 0.375. The first-order valence-electron chi connectivity index (χ1n) is 10.5. The number of amides is 1. The minimum absolute atomic E-state index is 0.119. The number of carbonyl (C=O) groups is 1. The van der Waals surface area contributed by atoms with Crippen molar-refractivity contribution in [2.45, 2.75) is 52.1 Å². The van der Waals surface area contributed by atoms with Gasteiger partial charge in [0, 0.05) is 18.5 Å². The Morgan fingerprint density at radius 2 is 1.87 bits per heavy atom. The second-order valence-electron chi connectivity index (χ2n) is 7.89. The Morgan fingerprint density at radius 1 is 1.13 bits per heavy atom. The van der Waals surface area contributed by atoms with Crippen molar-refractivity contribution in [1.82, 2.24) is 15.0 Å². The third-order valence-corrected chi connectivity index (χ3v) is 5.48. The van der Waals surface area contributed by atoms with Crippen LogP contribution in [0.1, 0.15) is 62.6 Å². The Bertz CT molecular complexity index is 993. The summed E-state index contributed by atoms with van der Waals surface area (Å²) in [6.45, 7) is 7.46. The minimum atomic E-state index is -0.189. The van der Waals surface area contributed by atoms with Gasteiger partial charge in [-0.25, -0.2) is 0 Å². The van der Waals surface area contributed by atoms with E-state index in [1.54, 1.807) is 0 Å². The summed E-state index contributed by atoms with van der Waals surface area (Å²) < 4.78 is 11.0. The Hall–Kier alpha value is -3.15. The molecule has 1 saturated heterocycles. The van der Waals surface area contributed by atoms with Crippen molar-refractivity contribution >= 4 is 5.91 Å². The maximum absolute atomic E-state index is 12.5. The molecule has 4 rings (SSSR count). The van der Waals surface area contributed by atoms with Gasteiger partial charge in [0.25, 0.3) is 0 Å². The molecule has 1 aliphatic heterocycles. The third kappa shape index (κ3) is 4.22. The van der Waals surface area contributed by atoms with Crippen LogP contribution in [-0.2, 0) is 11.3 Å². The topological polar surface area (TPSA) is 68.5 Å². The fourth-order valence-electron chi connectivity index (χ4n) is 3.75. The maximum atomic E-state index is 12.5. The predicted octanol–water partition coefficient (Wildman–Crippen LogP) is 5.12. The average Bonchev–Trinajstić information content (AvgIpc) is 3.37. The highest BCUT2D eigenvalue weighted by Gasteiger charge is 2.36. The van der Waals surface area contributed by atoms with Gasteiger partial charge in [-0.15, -0.1) is 0 Å². The first kappa shape index (κ1) is 20.1. The summed E-state index contributed by atoms with van der Waals surface area (Å²) in [5.41, 5.74) is 3.25. The van der Waals surface area contributed by atoms with Gasteiger partial charge in [0.05, 0.1) is 6.61 Å². The maximum Gasteiger partial charge on any atom is 0.249 e. The molecule has 0 aliphatic carbocycles. The largest absolute Gasteiger partial charge is 0.494 e. The lowest BCUT2D eigenvalue weighted by Gasteiger charge is -2.22. The van der Waals surface area contributed by atoms with Gasteiger partial charge in [0.15, 0.2) is 0 Å². The molecule has 1 atom stereocenters. The van der Waals surface area contributed by atoms with Crippen molar-refractivity contribution in [3.63, 3.8) is 0 Å². The lowest BCUT2D eigenvalue weighted by molar-refractivity contribution is -0.129. The van der Waals surface area contributed by atoms with Gasteiger partial charge in [-0.1, -0.05) is 43.3 Å². The van der Waals surface area contributed by atoms with Crippen LogP contribution < -0.4 is 4.74 Å². The zero-order chi connectivity index (χ0) is 21.1. The number of nitrogens with zero attached hydrogens (tertiary/aromatic N) is 3. The molecule has 1 unspecified atom stereocenters. The summed E-state index contributed by atoms with van der Waals surface area (Å²) >= 11 is 0. The molecule has 2 aromatic carbocycles. The molecule has 30 heavy (non-hydrogen) atoms. The average molecular weight is 405 g/mol. The monoisotopic (exact) mass is 405 g/mol. The van der Waals surface area contributed by atoms with Crippen LogP contribution in [0.5, 0.6) is 5.75 Å². The molecule has 3 aromatic rings. The number of aromatic nitrogens is 2. The van der Waals surface area contributed by atoms with Gasteiger partial charge in [0.2, 0.25) is 17.6 Å². The van der Waals surface area contributed by atoms with Crippen molar-refractivity contribution in [3.05, 3.63) is 65.5 Å². The van der Waals surface area contributed by atoms with Crippen molar-refractivity contribution < 1.29 is 14.1 Å². The van der Waals surface area contributed by atoms with Gasteiger partial charge in [-0.2, -0.15) is 4.98 Å². The Labute approximate surface area is 176 Å². The number of likely N-dealkylation sites (tertiary alicyclic amines) is 1. The van der Waals surface area contributed by atoms with Crippen molar-refractivity contribution in [2.75, 3.05) is 6.61 Å². The lowest BCUT2D eigenvalue weighted by atomic mass is 10.0. The molecule has 1 aromatic heterocycles. The number of rotatable bonds is 7. The summed E-state index contributed by atoms with van der Waals surface area (Å²) in [5.74, 6) is 2.42. The van der Waals surface area contributed by atoms with E-state index >= 15 is 0 Å². The first-order chi connectivity index (χ1) is 14.5. The van der Waals surface area contributed by atoms with Gasteiger partial charge >= 0.3 is 0 Å². The van der Waals surface area contributed by atoms with Crippen LogP contribution in [0.2, 0.25) is 0 Å². The zero-order valence-corrected chi connectivity index (χ0v) is 17.7. The molecule has 1 amide bonds. The van der Waals surface area contributed by atoms with E-state index in [0.29, 0.717) is 43.6 Å². The second kappa shape index (κ2) is 8.69. The molecule has 0 radical (unpaired) electrons. The van der Waals surface area contributed by atoms with E-state index in [0.717, 1.165) is 16.9 Å². The Morgan fingerprint density at radius 3 is 2.53 bits per heavy atom. The normalized spacial score (nSPS) is 16.5. The predicted molar refractivity (Wildman–Crippen MR) is 114 cm³/mol. The molecular formula is C24H27N3O3. The van der Waals surface area contributed by atoms with E-state index in [9.17, 15) is 4.79 Å². The molecule has 6 heteroatoms. The molecule has 0 bridgehead atoms. The van der Waals surface area contributed by atoms with Crippen LogP contribution in [0, 0.1) is 0 Å². The molecule has 0 spiro atoms. The first-order valence-corrected chi connectivity index (χ1v) is 10.5. The number of hydrogen-bond acceptors (Lipinski definition) is 5. The van der Waals surface area contributed by atoms with Crippen LogP contribution in [0.25, 0.3) is 11.4 Å². The third-order valence-electron chi connectivity index (χ3n) is 5.48. The van der Waals surface area contributed by atoms with E-state index < -0.39 is 0 Å². The molecule has 6 nitrogen and oxygen atoms in total. The molecule has 0 saturated carbocycles. The number of hydrogen-bond donors (Lipinski definition) is 0. The van der Waals surface area contributed by atoms with Crippen molar-refractivity contribution in [3.8, 4) is 17.1 Å². The van der Waals surface area contributed by atoms with Crippen molar-refractivity contribution in [2.24, 2.45) is 0 Å². The summed E-state index contributed by atoms with van der Waals surface area (Å²) in [4.78, 5) is 19.0. The summed E-state index contributed by atoms with van der Waals surface area (Å²) in [7, 11) is 0. The summed E-state index contributed by atoms with van der Waals surface area (Å²) in [6.07, 6.45) is 1.18. The highest BCUT2D eigenvalue weighted by molar-refractivity contribution is 5.78. The minimum Gasteiger partial charge on any atom is -0.494 e. The van der Waals surface area contributed by atoms with Gasteiger partial charge < -0.3 is 14.2 Å². The van der Waals surface area contributed by atoms with E-state index in [2.05, 4.69) is 48.3 Å². The van der Waals surface area contributed by atoms with Crippen molar-refractivity contribution in [1.29, 1.82) is 0 Å². The zero-order valence-electron chi connectivity index (χ0n) is 17.7. The van der Waals surface area contributed by atoms with Gasteiger partial charge in [-0.3, -0.25) is 4.79 Å². The standard InChI is InChI=1S/C24H27N3O3/c1-4-29-20-11-9-19(10-12-20)23-25-24(30-26-23)21-13-14-22(28)27(21)15-17-5-7-18(8-6-17)16(2)3/h5-12,16,21H,4,13-15H2,1-3H3. The van der Waals surface area contributed by atoms with Crippen LogP contribution in [0.3, 0.4) is 0 Å². The molecule has 156 valence electrons. The molecule has 1 fully saturated rings. The lowest BCUT2D eigenvalue weighted by Crippen LogP contribution is -2.27. The van der Waals surface area contributed by atoms with E-state index in [4.69, 9.17) is 9.26 Å². The van der Waals surface area contributed by atoms with Crippen LogP contribution in [0.4, 0.5) is 0 Å². The van der Waals surface area contributed by atoms with E-state index in [1.165, 1.54) is 5.56 Å². The summed E-state index contributed by atoms with van der Waals surface area (Å²) in [6, 6.07) is 15.9. The number of ether oxygens (including phenoxy) is 1. The molecule has 0 N–H and O–H groups in total. The SMILES string of the molecule is CCOc1ccc(-c2noc(C3CCC(=O)N3Cc3ccc(C(C)C)cc3)n2)cc1. The second-order valence-corrected chi connectivity index (χ2v) is 7.89. The quantitative estimate of drug-likeness (QED) is 0.545. The van der Waals surface area contributed by atoms with Crippen LogP contribution >= 0.6 is 0 Å². The molecule has 2 heterocycles. The fourth-order valence-corrected chi connectivity index (χ4v) is 3.75. The summed E-state index contributed by atoms with van der Waals surface area (Å²) in [5, 5.41) is 4.14. The van der Waals surface area contributed by atoms with E-state index in [1.807, 2.05) is 36.1 Å². The number of carbonyl (C=O) groups excluding carboxylic acids is 1. The Kier molecular flexibility index (Phi) is 5.84. The highest BCUT2D eigenvalue weighted by Crippen LogP contribution is 2.34. The van der Waals surface area contributed by atoms with E-state index in [-0.39, 0.29) is 11.9 Å². The van der Waals surface area contributed by atoms with Crippen LogP contribution in [-0.4, -0.2) is 27.6 Å². The smallest absolute Gasteiger partial charge is 0.249 e. The molecule has 1 aliphatic rings. The van der Waals surface area contributed by atoms with Crippen LogP contribution in [0.15, 0.2) is 53.1 Å². The highest BCUT2D eigenvalue weighted by atomic mass is 16.5. The molecular weight excluding hydrogens is 378 g/mol. The van der Waals surface area contributed by atoms with Gasteiger partial charge in [0.1, 0.15) is 11.8 Å².